The number of nitrogens with one attached hydrogen (secondary N) is 2. The molecule has 11 heteroatoms. The first kappa shape index (κ1) is 19.2. The molecular weight excluding hydrogens is 424 g/mol. The first-order valence-electron chi connectivity index (χ1n) is 8.51. The van der Waals surface area contributed by atoms with Gasteiger partial charge in [0.05, 0.1) is 23.3 Å². The first-order chi connectivity index (χ1) is 13.6. The molecule has 0 amide bonds. The number of halogens is 3. The smallest absolute Gasteiger partial charge is 0.228 e. The summed E-state index contributed by atoms with van der Waals surface area (Å²) in [4.78, 5) is 16.4. The van der Waals surface area contributed by atoms with Gasteiger partial charge in [0.1, 0.15) is 11.3 Å². The zero-order valence-corrected chi connectivity index (χ0v) is 17.2. The number of thioether (sulfide) groups is 1. The number of rotatable bonds is 7. The van der Waals surface area contributed by atoms with Crippen LogP contribution in [0.4, 0.5) is 10.3 Å². The highest BCUT2D eigenvalue weighted by molar-refractivity contribution is 7.98. The summed E-state index contributed by atoms with van der Waals surface area (Å²) < 4.78 is 15.8. The third-order valence-corrected chi connectivity index (χ3v) is 5.30. The number of fused-ring (bicyclic) bond motifs is 2. The van der Waals surface area contributed by atoms with Crippen molar-refractivity contribution in [3.05, 3.63) is 40.6 Å². The number of benzene rings is 1. The van der Waals surface area contributed by atoms with Crippen LogP contribution in [0.15, 0.2) is 23.5 Å². The van der Waals surface area contributed by atoms with Crippen LogP contribution in [0.25, 0.3) is 16.7 Å². The maximum absolute atomic E-state index is 14.1. The number of imidazole rings is 1. The number of alkyl halides is 1. The number of anilines is 1. The Labute approximate surface area is 174 Å². The number of nitrogens with zero attached hydrogens (tertiary/aromatic N) is 5. The van der Waals surface area contributed by atoms with Crippen LogP contribution >= 0.6 is 35.0 Å². The molecule has 0 aliphatic heterocycles. The number of aromatic nitrogens is 6. The second-order valence-corrected chi connectivity index (χ2v) is 7.58. The van der Waals surface area contributed by atoms with Crippen molar-refractivity contribution in [3.8, 4) is 0 Å². The normalized spacial score (nSPS) is 11.6. The quantitative estimate of drug-likeness (QED) is 0.329. The molecule has 0 bridgehead atoms. The van der Waals surface area contributed by atoms with Crippen molar-refractivity contribution in [2.75, 3.05) is 17.5 Å². The van der Waals surface area contributed by atoms with Gasteiger partial charge < -0.3 is 10.3 Å². The van der Waals surface area contributed by atoms with Crippen LogP contribution in [0.3, 0.4) is 0 Å². The standard InChI is InChI=1S/C17H16Cl2FN7S/c1-28-17-25-15-9(3-2-6-18)7-22-27(15)16(26-17)21-8-12-23-11-5-4-10(19)13(20)14(11)24-12/h4-5,7H,2-3,6,8H2,1H3,(H,23,24)(H,21,25,26). The fourth-order valence-electron chi connectivity index (χ4n) is 2.86. The molecule has 0 saturated heterocycles. The lowest BCUT2D eigenvalue weighted by Crippen LogP contribution is -2.10. The van der Waals surface area contributed by atoms with E-state index >= 15 is 0 Å². The summed E-state index contributed by atoms with van der Waals surface area (Å²) in [5, 5.41) is 8.27. The Hall–Kier alpha value is -2.10. The second kappa shape index (κ2) is 8.10. The second-order valence-electron chi connectivity index (χ2n) is 6.03. The van der Waals surface area contributed by atoms with E-state index in [2.05, 4.69) is 30.4 Å². The summed E-state index contributed by atoms with van der Waals surface area (Å²) in [6, 6.07) is 3.20. The summed E-state index contributed by atoms with van der Waals surface area (Å²) in [7, 11) is 0. The average molecular weight is 440 g/mol. The molecule has 2 N–H and O–H groups in total. The van der Waals surface area contributed by atoms with Gasteiger partial charge in [-0.3, -0.25) is 0 Å². The number of aromatic amines is 1. The highest BCUT2D eigenvalue weighted by Gasteiger charge is 2.14. The van der Waals surface area contributed by atoms with Crippen molar-refractivity contribution < 1.29 is 4.39 Å². The molecule has 0 radical (unpaired) electrons. The molecule has 28 heavy (non-hydrogen) atoms. The topological polar surface area (TPSA) is 83.8 Å². The molecule has 0 aliphatic carbocycles. The predicted molar refractivity (Wildman–Crippen MR) is 110 cm³/mol. The van der Waals surface area contributed by atoms with Gasteiger partial charge in [-0.25, -0.2) is 14.4 Å². The molecule has 4 aromatic rings. The van der Waals surface area contributed by atoms with Crippen molar-refractivity contribution in [3.63, 3.8) is 0 Å². The minimum absolute atomic E-state index is 0.0432. The molecule has 0 fully saturated rings. The summed E-state index contributed by atoms with van der Waals surface area (Å²) in [6.45, 7) is 0.308. The molecule has 7 nitrogen and oxygen atoms in total. The number of H-pyrrole nitrogens is 1. The van der Waals surface area contributed by atoms with Crippen LogP contribution in [0, 0.1) is 5.82 Å². The molecule has 146 valence electrons. The third kappa shape index (κ3) is 3.61. The lowest BCUT2D eigenvalue weighted by atomic mass is 10.2. The van der Waals surface area contributed by atoms with Crippen LogP contribution in [-0.4, -0.2) is 41.7 Å². The summed E-state index contributed by atoms with van der Waals surface area (Å²) in [5.41, 5.74) is 2.56. The van der Waals surface area contributed by atoms with Gasteiger partial charge >= 0.3 is 0 Å². The Morgan fingerprint density at radius 3 is 2.93 bits per heavy atom. The molecular formula is C17H16Cl2FN7S. The van der Waals surface area contributed by atoms with Gasteiger partial charge in [-0.2, -0.15) is 14.6 Å². The first-order valence-corrected chi connectivity index (χ1v) is 10.7. The molecule has 0 atom stereocenters. The minimum atomic E-state index is -0.535. The van der Waals surface area contributed by atoms with Crippen molar-refractivity contribution in [2.45, 2.75) is 24.5 Å². The summed E-state index contributed by atoms with van der Waals surface area (Å²) >= 11 is 13.1. The van der Waals surface area contributed by atoms with Gasteiger partial charge in [0.15, 0.2) is 16.6 Å². The van der Waals surface area contributed by atoms with Crippen LogP contribution in [-0.2, 0) is 13.0 Å². The fourth-order valence-corrected chi connectivity index (χ4v) is 3.50. The number of aryl methyl sites for hydroxylation is 1. The molecule has 0 saturated carbocycles. The van der Waals surface area contributed by atoms with Crippen molar-refractivity contribution in [1.82, 2.24) is 29.5 Å². The largest absolute Gasteiger partial charge is 0.347 e. The molecule has 0 aliphatic rings. The van der Waals surface area contributed by atoms with E-state index < -0.39 is 5.82 Å². The fraction of sp³-hybridized carbons (Fsp3) is 0.294. The molecule has 3 heterocycles. The van der Waals surface area contributed by atoms with Crippen LogP contribution in [0.1, 0.15) is 17.8 Å². The van der Waals surface area contributed by atoms with E-state index in [0.717, 1.165) is 24.1 Å². The third-order valence-electron chi connectivity index (χ3n) is 4.19. The van der Waals surface area contributed by atoms with Crippen molar-refractivity contribution in [2.24, 2.45) is 0 Å². The molecule has 1 aromatic carbocycles. The van der Waals surface area contributed by atoms with Crippen LogP contribution < -0.4 is 5.32 Å². The summed E-state index contributed by atoms with van der Waals surface area (Å²) in [6.07, 6.45) is 5.33. The van der Waals surface area contributed by atoms with Gasteiger partial charge in [-0.1, -0.05) is 23.4 Å². The highest BCUT2D eigenvalue weighted by atomic mass is 35.5. The molecule has 4 rings (SSSR count). The maximum Gasteiger partial charge on any atom is 0.228 e. The van der Waals surface area contributed by atoms with E-state index in [-0.39, 0.29) is 10.5 Å². The lowest BCUT2D eigenvalue weighted by molar-refractivity contribution is 0.637. The Balaban J connectivity index is 1.64. The van der Waals surface area contributed by atoms with E-state index in [1.807, 2.05) is 6.26 Å². The minimum Gasteiger partial charge on any atom is -0.347 e. The monoisotopic (exact) mass is 439 g/mol. The number of hydrogen-bond donors (Lipinski definition) is 2. The van der Waals surface area contributed by atoms with E-state index in [1.165, 1.54) is 17.8 Å². The van der Waals surface area contributed by atoms with Crippen molar-refractivity contribution in [1.29, 1.82) is 0 Å². The Bertz CT molecular complexity index is 1140. The Morgan fingerprint density at radius 2 is 2.14 bits per heavy atom. The molecule has 3 aromatic heterocycles. The maximum atomic E-state index is 14.1. The van der Waals surface area contributed by atoms with Gasteiger partial charge in [-0.15, -0.1) is 11.6 Å². The Kier molecular flexibility index (Phi) is 5.56. The van der Waals surface area contributed by atoms with E-state index in [9.17, 15) is 4.39 Å². The Morgan fingerprint density at radius 1 is 1.29 bits per heavy atom. The summed E-state index contributed by atoms with van der Waals surface area (Å²) in [5.74, 6) is 1.13. The zero-order chi connectivity index (χ0) is 19.7. The van der Waals surface area contributed by atoms with Gasteiger partial charge in [-0.05, 0) is 31.2 Å². The predicted octanol–water partition coefficient (Wildman–Crippen LogP) is 4.30. The van der Waals surface area contributed by atoms with E-state index in [1.54, 1.807) is 16.8 Å². The molecule has 0 spiro atoms. The van der Waals surface area contributed by atoms with Gasteiger partial charge in [0.25, 0.3) is 0 Å². The highest BCUT2D eigenvalue weighted by Crippen LogP contribution is 2.23. The van der Waals surface area contributed by atoms with Gasteiger partial charge in [0.2, 0.25) is 5.95 Å². The van der Waals surface area contributed by atoms with Crippen LogP contribution in [0.2, 0.25) is 5.02 Å². The van der Waals surface area contributed by atoms with E-state index in [4.69, 9.17) is 23.2 Å². The average Bonchev–Trinajstić information content (AvgIpc) is 3.31. The zero-order valence-electron chi connectivity index (χ0n) is 14.8. The van der Waals surface area contributed by atoms with Crippen molar-refractivity contribution >= 4 is 57.6 Å². The SMILES string of the molecule is CSc1nc(NCc2nc3c(F)c(Cl)ccc3[nH]2)n2ncc(CCCCl)c2n1. The molecule has 0 unspecified atom stereocenters. The number of hydrogen-bond acceptors (Lipinski definition) is 6. The van der Waals surface area contributed by atoms with Gasteiger partial charge in [0, 0.05) is 11.4 Å². The van der Waals surface area contributed by atoms with Crippen LogP contribution in [0.5, 0.6) is 0 Å². The lowest BCUT2D eigenvalue weighted by Gasteiger charge is -2.08. The van der Waals surface area contributed by atoms with E-state index in [0.29, 0.717) is 34.9 Å².